The highest BCUT2D eigenvalue weighted by Gasteiger charge is 2.06. The van der Waals surface area contributed by atoms with E-state index in [0.29, 0.717) is 17.8 Å². The maximum atomic E-state index is 11.7. The Kier molecular flexibility index (Phi) is 5.70. The normalized spacial score (nSPS) is 9.67. The number of carbonyl (C=O) groups excluding carboxylic acids is 2. The van der Waals surface area contributed by atoms with Crippen LogP contribution in [0.1, 0.15) is 23.7 Å². The third-order valence-corrected chi connectivity index (χ3v) is 2.32. The van der Waals surface area contributed by atoms with Gasteiger partial charge in [-0.25, -0.2) is 0 Å². The third kappa shape index (κ3) is 4.45. The van der Waals surface area contributed by atoms with Gasteiger partial charge in [-0.2, -0.15) is 0 Å². The zero-order chi connectivity index (χ0) is 13.4. The van der Waals surface area contributed by atoms with Crippen LogP contribution in [-0.4, -0.2) is 32.1 Å². The Hall–Kier alpha value is -2.04. The number of ether oxygens (including phenoxy) is 1. The lowest BCUT2D eigenvalue weighted by molar-refractivity contribution is -0.138. The van der Waals surface area contributed by atoms with Crippen molar-refractivity contribution >= 4 is 17.6 Å². The van der Waals surface area contributed by atoms with E-state index >= 15 is 0 Å². The molecule has 0 aliphatic heterocycles. The van der Waals surface area contributed by atoms with Gasteiger partial charge >= 0.3 is 5.97 Å². The van der Waals surface area contributed by atoms with Gasteiger partial charge in [-0.15, -0.1) is 0 Å². The second kappa shape index (κ2) is 7.32. The Balaban J connectivity index is 2.61. The number of nitrogens with one attached hydrogen (secondary N) is 2. The number of carbonyl (C=O) groups is 2. The summed E-state index contributed by atoms with van der Waals surface area (Å²) in [5.74, 6) is -0.464. The lowest BCUT2D eigenvalue weighted by Crippen LogP contribution is -2.24. The van der Waals surface area contributed by atoms with Crippen molar-refractivity contribution in [1.29, 1.82) is 0 Å². The van der Waals surface area contributed by atoms with Gasteiger partial charge in [-0.3, -0.25) is 9.59 Å². The number of benzene rings is 1. The van der Waals surface area contributed by atoms with Gasteiger partial charge in [-0.1, -0.05) is 13.0 Å². The van der Waals surface area contributed by atoms with E-state index in [-0.39, 0.29) is 18.4 Å². The first kappa shape index (κ1) is 14.0. The summed E-state index contributed by atoms with van der Waals surface area (Å²) in [6, 6.07) is 6.99. The molecule has 0 spiro atoms. The lowest BCUT2D eigenvalue weighted by atomic mass is 10.2. The van der Waals surface area contributed by atoms with E-state index in [9.17, 15) is 9.59 Å². The molecular formula is C13H18N2O3. The van der Waals surface area contributed by atoms with Crippen molar-refractivity contribution in [1.82, 2.24) is 5.32 Å². The maximum Gasteiger partial charge on any atom is 0.325 e. The molecule has 18 heavy (non-hydrogen) atoms. The Bertz CT molecular complexity index is 418. The zero-order valence-corrected chi connectivity index (χ0v) is 10.7. The van der Waals surface area contributed by atoms with Crippen LogP contribution in [0.15, 0.2) is 24.3 Å². The SMILES string of the molecule is CCCNC(=O)c1cccc(NCC(=O)OC)c1. The fraction of sp³-hybridized carbons (Fsp3) is 0.385. The molecule has 1 aromatic carbocycles. The molecule has 0 aromatic heterocycles. The van der Waals surface area contributed by atoms with E-state index in [1.807, 2.05) is 6.92 Å². The summed E-state index contributed by atoms with van der Waals surface area (Å²) in [7, 11) is 1.33. The van der Waals surface area contributed by atoms with Crippen LogP contribution in [-0.2, 0) is 9.53 Å². The van der Waals surface area contributed by atoms with Gasteiger partial charge in [0.2, 0.25) is 0 Å². The minimum atomic E-state index is -0.351. The summed E-state index contributed by atoms with van der Waals surface area (Å²) in [6.45, 7) is 2.73. The highest BCUT2D eigenvalue weighted by atomic mass is 16.5. The lowest BCUT2D eigenvalue weighted by Gasteiger charge is -2.07. The summed E-state index contributed by atoms with van der Waals surface area (Å²) in [4.78, 5) is 22.7. The van der Waals surface area contributed by atoms with Crippen LogP contribution in [0.2, 0.25) is 0 Å². The fourth-order valence-corrected chi connectivity index (χ4v) is 1.36. The molecule has 0 aliphatic rings. The van der Waals surface area contributed by atoms with Gasteiger partial charge in [0.15, 0.2) is 0 Å². The van der Waals surface area contributed by atoms with Gasteiger partial charge in [0.1, 0.15) is 6.54 Å². The predicted octanol–water partition coefficient (Wildman–Crippen LogP) is 1.41. The highest BCUT2D eigenvalue weighted by molar-refractivity contribution is 5.95. The number of amides is 1. The molecule has 0 saturated heterocycles. The monoisotopic (exact) mass is 250 g/mol. The molecule has 2 N–H and O–H groups in total. The Morgan fingerprint density at radius 1 is 1.33 bits per heavy atom. The highest BCUT2D eigenvalue weighted by Crippen LogP contribution is 2.10. The molecule has 0 aliphatic carbocycles. The van der Waals surface area contributed by atoms with E-state index in [0.717, 1.165) is 6.42 Å². The molecule has 1 aromatic rings. The Labute approximate surface area is 107 Å². The third-order valence-electron chi connectivity index (χ3n) is 2.32. The van der Waals surface area contributed by atoms with Crippen LogP contribution < -0.4 is 10.6 Å². The molecule has 0 saturated carbocycles. The van der Waals surface area contributed by atoms with Crippen molar-refractivity contribution in [2.75, 3.05) is 25.5 Å². The molecule has 98 valence electrons. The van der Waals surface area contributed by atoms with Crippen molar-refractivity contribution in [2.24, 2.45) is 0 Å². The second-order valence-corrected chi connectivity index (χ2v) is 3.77. The predicted molar refractivity (Wildman–Crippen MR) is 69.6 cm³/mol. The van der Waals surface area contributed by atoms with Gasteiger partial charge < -0.3 is 15.4 Å². The van der Waals surface area contributed by atoms with E-state index in [1.165, 1.54) is 7.11 Å². The van der Waals surface area contributed by atoms with Crippen molar-refractivity contribution < 1.29 is 14.3 Å². The van der Waals surface area contributed by atoms with Gasteiger partial charge in [-0.05, 0) is 24.6 Å². The first-order valence-electron chi connectivity index (χ1n) is 5.86. The number of rotatable bonds is 6. The minimum Gasteiger partial charge on any atom is -0.468 e. The largest absolute Gasteiger partial charge is 0.468 e. The van der Waals surface area contributed by atoms with Crippen molar-refractivity contribution in [2.45, 2.75) is 13.3 Å². The van der Waals surface area contributed by atoms with Crippen molar-refractivity contribution in [3.8, 4) is 0 Å². The quantitative estimate of drug-likeness (QED) is 0.749. The van der Waals surface area contributed by atoms with Crippen LogP contribution in [0.4, 0.5) is 5.69 Å². The number of anilines is 1. The van der Waals surface area contributed by atoms with E-state index < -0.39 is 0 Å². The first-order valence-corrected chi connectivity index (χ1v) is 5.86. The molecule has 1 rings (SSSR count). The summed E-state index contributed by atoms with van der Waals surface area (Å²) in [5, 5.41) is 5.69. The van der Waals surface area contributed by atoms with Crippen LogP contribution in [0.5, 0.6) is 0 Å². The van der Waals surface area contributed by atoms with Crippen molar-refractivity contribution in [3.63, 3.8) is 0 Å². The van der Waals surface area contributed by atoms with Crippen LogP contribution in [0, 0.1) is 0 Å². The first-order chi connectivity index (χ1) is 8.67. The molecular weight excluding hydrogens is 232 g/mol. The van der Waals surface area contributed by atoms with E-state index in [1.54, 1.807) is 24.3 Å². The Morgan fingerprint density at radius 3 is 2.78 bits per heavy atom. The van der Waals surface area contributed by atoms with Crippen molar-refractivity contribution in [3.05, 3.63) is 29.8 Å². The van der Waals surface area contributed by atoms with Gasteiger partial charge in [0.25, 0.3) is 5.91 Å². The molecule has 0 atom stereocenters. The summed E-state index contributed by atoms with van der Waals surface area (Å²) >= 11 is 0. The molecule has 0 radical (unpaired) electrons. The molecule has 5 nitrogen and oxygen atoms in total. The molecule has 0 heterocycles. The molecule has 0 unspecified atom stereocenters. The average molecular weight is 250 g/mol. The minimum absolute atomic E-state index is 0.0799. The number of hydrogen-bond donors (Lipinski definition) is 2. The van der Waals surface area contributed by atoms with Crippen LogP contribution in [0.25, 0.3) is 0 Å². The maximum absolute atomic E-state index is 11.7. The number of hydrogen-bond acceptors (Lipinski definition) is 4. The second-order valence-electron chi connectivity index (χ2n) is 3.77. The van der Waals surface area contributed by atoms with Crippen LogP contribution in [0.3, 0.4) is 0 Å². The summed E-state index contributed by atoms with van der Waals surface area (Å²) in [5.41, 5.74) is 1.28. The fourth-order valence-electron chi connectivity index (χ4n) is 1.36. The Morgan fingerprint density at radius 2 is 2.11 bits per heavy atom. The molecule has 0 fully saturated rings. The smallest absolute Gasteiger partial charge is 0.325 e. The number of methoxy groups -OCH3 is 1. The van der Waals surface area contributed by atoms with E-state index in [4.69, 9.17) is 0 Å². The molecule has 0 bridgehead atoms. The number of esters is 1. The topological polar surface area (TPSA) is 67.4 Å². The molecule has 1 amide bonds. The zero-order valence-electron chi connectivity index (χ0n) is 10.7. The standard InChI is InChI=1S/C13H18N2O3/c1-3-7-14-13(17)10-5-4-6-11(8-10)15-9-12(16)18-2/h4-6,8,15H,3,7,9H2,1-2H3,(H,14,17). The van der Waals surface area contributed by atoms with Gasteiger partial charge in [0, 0.05) is 17.8 Å². The average Bonchev–Trinajstić information content (AvgIpc) is 2.42. The van der Waals surface area contributed by atoms with Gasteiger partial charge in [0.05, 0.1) is 7.11 Å². The molecule has 5 heteroatoms. The van der Waals surface area contributed by atoms with E-state index in [2.05, 4.69) is 15.4 Å². The summed E-state index contributed by atoms with van der Waals surface area (Å²) < 4.78 is 4.52. The summed E-state index contributed by atoms with van der Waals surface area (Å²) in [6.07, 6.45) is 0.895. The van der Waals surface area contributed by atoms with Crippen LogP contribution >= 0.6 is 0 Å².